The predicted octanol–water partition coefficient (Wildman–Crippen LogP) is 4.69. The maximum atomic E-state index is 13.1. The highest BCUT2D eigenvalue weighted by molar-refractivity contribution is 7.92. The molecule has 0 saturated heterocycles. The number of anilines is 1. The second kappa shape index (κ2) is 13.0. The first-order chi connectivity index (χ1) is 20.2. The molecule has 0 saturated carbocycles. The van der Waals surface area contributed by atoms with Gasteiger partial charge in [-0.1, -0.05) is 54.6 Å². The largest absolute Gasteiger partial charge is 0.508 e. The molecule has 0 aliphatic carbocycles. The molecule has 0 fully saturated rings. The number of phenols is 2. The van der Waals surface area contributed by atoms with Crippen molar-refractivity contribution in [1.29, 1.82) is 0 Å². The summed E-state index contributed by atoms with van der Waals surface area (Å²) in [6.07, 6.45) is 0.672. The van der Waals surface area contributed by atoms with E-state index in [4.69, 9.17) is 0 Å². The lowest BCUT2D eigenvalue weighted by Crippen LogP contribution is -2.43. The minimum absolute atomic E-state index is 0.00527. The van der Waals surface area contributed by atoms with E-state index in [1.54, 1.807) is 18.2 Å². The molecule has 0 aliphatic heterocycles. The molecule has 4 aromatic rings. The van der Waals surface area contributed by atoms with E-state index in [0.29, 0.717) is 18.5 Å². The summed E-state index contributed by atoms with van der Waals surface area (Å²) in [5.41, 5.74) is 2.93. The van der Waals surface area contributed by atoms with E-state index in [2.05, 4.69) is 15.4 Å². The third-order valence-corrected chi connectivity index (χ3v) is 7.96. The second-order valence-corrected chi connectivity index (χ2v) is 13.4. The van der Waals surface area contributed by atoms with Crippen LogP contribution in [0.5, 0.6) is 11.5 Å². The first-order valence-corrected chi connectivity index (χ1v) is 15.9. The monoisotopic (exact) mass is 605 g/mol. The molecule has 2 atom stereocenters. The summed E-state index contributed by atoms with van der Waals surface area (Å²) in [5, 5.41) is 38.8. The molecule has 228 valence electrons. The van der Waals surface area contributed by atoms with Gasteiger partial charge in [0.25, 0.3) is 0 Å². The van der Waals surface area contributed by atoms with Crippen LogP contribution in [0.3, 0.4) is 0 Å². The Hall–Kier alpha value is -4.12. The zero-order valence-electron chi connectivity index (χ0n) is 24.8. The SMILES string of the molecule is CC(C(=O)NCc1cccc2cc(O)ccc12)c1cccc(CC(C)(C)NC[C@H](O)c2ccc(O)c(NS(C)(=O)=O)c2)c1. The van der Waals surface area contributed by atoms with Crippen LogP contribution in [0.15, 0.2) is 78.9 Å². The van der Waals surface area contributed by atoms with E-state index in [0.717, 1.165) is 33.7 Å². The molecule has 0 spiro atoms. The van der Waals surface area contributed by atoms with Crippen molar-refractivity contribution in [3.63, 3.8) is 0 Å². The number of sulfonamides is 1. The fourth-order valence-electron chi connectivity index (χ4n) is 5.06. The van der Waals surface area contributed by atoms with Crippen molar-refractivity contribution >= 4 is 32.4 Å². The fraction of sp³-hybridized carbons (Fsp3) is 0.303. The Morgan fingerprint density at radius 1 is 0.930 bits per heavy atom. The number of hydrogen-bond acceptors (Lipinski definition) is 7. The standard InChI is InChI=1S/C33H39N3O6S/c1-21(32(40)34-19-26-10-6-9-24-16-27(37)12-13-28(24)26)23-8-5-7-22(15-23)18-33(2,3)35-20-31(39)25-11-14-30(38)29(17-25)36-43(4,41)42/h5-17,21,31,35-39H,18-20H2,1-4H3,(H,34,40)/t21?,31-/m0/s1. The Morgan fingerprint density at radius 3 is 2.42 bits per heavy atom. The number of carbonyl (C=O) groups excluding carboxylic acids is 1. The molecule has 0 aliphatic rings. The summed E-state index contributed by atoms with van der Waals surface area (Å²) >= 11 is 0. The molecule has 4 aromatic carbocycles. The van der Waals surface area contributed by atoms with Gasteiger partial charge in [-0.05, 0) is 84.5 Å². The smallest absolute Gasteiger partial charge is 0.229 e. The van der Waals surface area contributed by atoms with Gasteiger partial charge in [-0.2, -0.15) is 0 Å². The number of nitrogens with one attached hydrogen (secondary N) is 3. The summed E-state index contributed by atoms with van der Waals surface area (Å²) in [4.78, 5) is 13.1. The van der Waals surface area contributed by atoms with Crippen molar-refractivity contribution < 1.29 is 28.5 Å². The van der Waals surface area contributed by atoms with Gasteiger partial charge < -0.3 is 26.0 Å². The molecule has 1 amide bonds. The van der Waals surface area contributed by atoms with Gasteiger partial charge in [-0.15, -0.1) is 0 Å². The van der Waals surface area contributed by atoms with Crippen LogP contribution in [-0.2, 0) is 27.8 Å². The summed E-state index contributed by atoms with van der Waals surface area (Å²) in [7, 11) is -3.59. The first kappa shape index (κ1) is 31.8. The molecular formula is C33H39N3O6S. The zero-order chi connectivity index (χ0) is 31.4. The first-order valence-electron chi connectivity index (χ1n) is 14.0. The van der Waals surface area contributed by atoms with Crippen molar-refractivity contribution in [1.82, 2.24) is 10.6 Å². The van der Waals surface area contributed by atoms with Gasteiger partial charge in [0.05, 0.1) is 24.0 Å². The van der Waals surface area contributed by atoms with Crippen molar-refractivity contribution in [2.75, 3.05) is 17.5 Å². The van der Waals surface area contributed by atoms with Gasteiger partial charge in [0.2, 0.25) is 15.9 Å². The number of aliphatic hydroxyl groups is 1. The van der Waals surface area contributed by atoms with Crippen molar-refractivity contribution in [3.8, 4) is 11.5 Å². The third-order valence-electron chi connectivity index (χ3n) is 7.37. The van der Waals surface area contributed by atoms with Gasteiger partial charge in [0.15, 0.2) is 0 Å². The Labute approximate surface area is 252 Å². The van der Waals surface area contributed by atoms with Gasteiger partial charge in [-0.3, -0.25) is 9.52 Å². The van der Waals surface area contributed by atoms with E-state index < -0.39 is 21.7 Å². The number of aromatic hydroxyl groups is 2. The summed E-state index contributed by atoms with van der Waals surface area (Å²) in [6.45, 7) is 6.47. The molecule has 0 radical (unpaired) electrons. The fourth-order valence-corrected chi connectivity index (χ4v) is 5.62. The van der Waals surface area contributed by atoms with E-state index in [9.17, 15) is 28.5 Å². The van der Waals surface area contributed by atoms with Crippen molar-refractivity contribution in [2.45, 2.75) is 51.3 Å². The number of amides is 1. The van der Waals surface area contributed by atoms with Crippen LogP contribution >= 0.6 is 0 Å². The summed E-state index contributed by atoms with van der Waals surface area (Å²) in [6, 6.07) is 23.2. The van der Waals surface area contributed by atoms with Crippen molar-refractivity contribution in [3.05, 3.63) is 101 Å². The minimum atomic E-state index is -3.59. The van der Waals surface area contributed by atoms with Gasteiger partial charge >= 0.3 is 0 Å². The van der Waals surface area contributed by atoms with Crippen molar-refractivity contribution in [2.24, 2.45) is 0 Å². The normalized spacial score (nSPS) is 13.4. The lowest BCUT2D eigenvalue weighted by atomic mass is 9.91. The van der Waals surface area contributed by atoms with E-state index in [1.165, 1.54) is 12.1 Å². The second-order valence-electron chi connectivity index (χ2n) is 11.6. The maximum absolute atomic E-state index is 13.1. The number of aliphatic hydroxyl groups excluding tert-OH is 1. The maximum Gasteiger partial charge on any atom is 0.229 e. The Bertz CT molecular complexity index is 1720. The number of rotatable bonds is 12. The predicted molar refractivity (Wildman–Crippen MR) is 170 cm³/mol. The highest BCUT2D eigenvalue weighted by Gasteiger charge is 2.22. The van der Waals surface area contributed by atoms with E-state index in [-0.39, 0.29) is 35.6 Å². The zero-order valence-corrected chi connectivity index (χ0v) is 25.6. The Kier molecular flexibility index (Phi) is 9.64. The molecular weight excluding hydrogens is 566 g/mol. The van der Waals surface area contributed by atoms with Crippen LogP contribution in [0, 0.1) is 0 Å². The van der Waals surface area contributed by atoms with Gasteiger partial charge in [0.1, 0.15) is 11.5 Å². The molecule has 0 aromatic heterocycles. The lowest BCUT2D eigenvalue weighted by Gasteiger charge is -2.28. The molecule has 43 heavy (non-hydrogen) atoms. The highest BCUT2D eigenvalue weighted by Crippen LogP contribution is 2.28. The minimum Gasteiger partial charge on any atom is -0.508 e. The van der Waals surface area contributed by atoms with E-state index >= 15 is 0 Å². The molecule has 6 N–H and O–H groups in total. The number of carbonyl (C=O) groups is 1. The highest BCUT2D eigenvalue weighted by atomic mass is 32.2. The molecule has 0 bridgehead atoms. The van der Waals surface area contributed by atoms with Crippen LogP contribution in [-0.4, -0.2) is 48.0 Å². The molecule has 9 nitrogen and oxygen atoms in total. The lowest BCUT2D eigenvalue weighted by molar-refractivity contribution is -0.122. The number of phenolic OH excluding ortho intramolecular Hbond substituents is 2. The molecule has 1 unspecified atom stereocenters. The van der Waals surface area contributed by atoms with Crippen LogP contribution < -0.4 is 15.4 Å². The average molecular weight is 606 g/mol. The van der Waals surface area contributed by atoms with Crippen LogP contribution in [0.2, 0.25) is 0 Å². The van der Waals surface area contributed by atoms with Crippen LogP contribution in [0.1, 0.15) is 55.0 Å². The number of β-amino-alcohol motifs (C(OH)–C–C–N with tert-alkyl or cyclic N) is 1. The van der Waals surface area contributed by atoms with Crippen LogP contribution in [0.4, 0.5) is 5.69 Å². The quantitative estimate of drug-likeness (QED) is 0.128. The van der Waals surface area contributed by atoms with E-state index in [1.807, 2.05) is 69.3 Å². The van der Waals surface area contributed by atoms with Gasteiger partial charge in [0, 0.05) is 18.6 Å². The molecule has 0 heterocycles. The Balaban J connectivity index is 1.36. The number of benzene rings is 4. The Morgan fingerprint density at radius 2 is 1.67 bits per heavy atom. The topological polar surface area (TPSA) is 148 Å². The van der Waals surface area contributed by atoms with Gasteiger partial charge in [-0.25, -0.2) is 8.42 Å². The number of hydrogen-bond donors (Lipinski definition) is 6. The van der Waals surface area contributed by atoms with Crippen LogP contribution in [0.25, 0.3) is 10.8 Å². The summed E-state index contributed by atoms with van der Waals surface area (Å²) in [5.74, 6) is -0.493. The molecule has 4 rings (SSSR count). The third kappa shape index (κ3) is 8.70. The molecule has 10 heteroatoms. The number of fused-ring (bicyclic) bond motifs is 1. The average Bonchev–Trinajstić information content (AvgIpc) is 2.94. The summed E-state index contributed by atoms with van der Waals surface area (Å²) < 4.78 is 25.4.